The molecule has 0 amide bonds. The van der Waals surface area contributed by atoms with E-state index in [1.807, 2.05) is 30.6 Å². The minimum Gasteiger partial charge on any atom is -0.459 e. The Labute approximate surface area is 145 Å². The van der Waals surface area contributed by atoms with Gasteiger partial charge in [0.25, 0.3) is 0 Å². The highest BCUT2D eigenvalue weighted by Crippen LogP contribution is 2.27. The summed E-state index contributed by atoms with van der Waals surface area (Å²) in [5.74, 6) is 1.84. The van der Waals surface area contributed by atoms with Gasteiger partial charge in [-0.1, -0.05) is 18.2 Å². The number of hydrogen-bond donors (Lipinski definition) is 1. The number of imidazole rings is 1. The molecule has 1 aliphatic rings. The largest absolute Gasteiger partial charge is 0.459 e. The van der Waals surface area contributed by atoms with Gasteiger partial charge in [-0.2, -0.15) is 5.10 Å². The number of furan rings is 1. The van der Waals surface area contributed by atoms with Crippen LogP contribution in [0.15, 0.2) is 47.1 Å². The maximum Gasteiger partial charge on any atom is 0.160 e. The van der Waals surface area contributed by atoms with Gasteiger partial charge in [0, 0.05) is 36.4 Å². The van der Waals surface area contributed by atoms with Gasteiger partial charge in [-0.25, -0.2) is 4.98 Å². The summed E-state index contributed by atoms with van der Waals surface area (Å²) in [6.45, 7) is 5.48. The van der Waals surface area contributed by atoms with Crippen molar-refractivity contribution < 1.29 is 4.42 Å². The molecule has 6 heteroatoms. The predicted molar refractivity (Wildman–Crippen MR) is 95.2 cm³/mol. The number of aromatic nitrogens is 4. The van der Waals surface area contributed by atoms with E-state index in [4.69, 9.17) is 9.52 Å². The molecular formula is C19H19N5O. The molecule has 1 aliphatic heterocycles. The molecule has 0 radical (unpaired) electrons. The first-order valence-electron chi connectivity index (χ1n) is 8.55. The average Bonchev–Trinajstić information content (AvgIpc) is 3.33. The van der Waals surface area contributed by atoms with Crippen LogP contribution in [0.5, 0.6) is 0 Å². The highest BCUT2D eigenvalue weighted by atomic mass is 16.3. The second-order valence-electron chi connectivity index (χ2n) is 6.45. The predicted octanol–water partition coefficient (Wildman–Crippen LogP) is 2.95. The maximum atomic E-state index is 6.06. The highest BCUT2D eigenvalue weighted by molar-refractivity contribution is 5.81. The number of aryl methyl sites for hydroxylation is 1. The van der Waals surface area contributed by atoms with Crippen molar-refractivity contribution in [1.29, 1.82) is 0 Å². The molecule has 1 N–H and O–H groups in total. The van der Waals surface area contributed by atoms with Crippen LogP contribution < -0.4 is 5.32 Å². The molecule has 0 spiro atoms. The van der Waals surface area contributed by atoms with E-state index in [1.54, 1.807) is 0 Å². The fourth-order valence-electron chi connectivity index (χ4n) is 3.50. The first kappa shape index (κ1) is 14.5. The molecule has 126 valence electrons. The Morgan fingerprint density at radius 2 is 2.20 bits per heavy atom. The van der Waals surface area contributed by atoms with Crippen LogP contribution in [0.1, 0.15) is 17.0 Å². The number of hydrogen-bond acceptors (Lipinski definition) is 4. The molecule has 0 saturated carbocycles. The van der Waals surface area contributed by atoms with Gasteiger partial charge in [-0.05, 0) is 19.1 Å². The van der Waals surface area contributed by atoms with Gasteiger partial charge in [0.05, 0.1) is 18.8 Å². The molecule has 4 aromatic rings. The normalized spacial score (nSPS) is 14.1. The van der Waals surface area contributed by atoms with E-state index in [2.05, 4.69) is 38.6 Å². The number of fused-ring (bicyclic) bond motifs is 2. The molecule has 0 bridgehead atoms. The summed E-state index contributed by atoms with van der Waals surface area (Å²) in [6.07, 6.45) is 3.81. The lowest BCUT2D eigenvalue weighted by atomic mass is 10.1. The van der Waals surface area contributed by atoms with E-state index in [0.717, 1.165) is 42.5 Å². The number of para-hydroxylation sites is 1. The second kappa shape index (κ2) is 5.60. The Bertz CT molecular complexity index is 1030. The second-order valence-corrected chi connectivity index (χ2v) is 6.45. The lowest BCUT2D eigenvalue weighted by Crippen LogP contribution is -2.28. The summed E-state index contributed by atoms with van der Waals surface area (Å²) in [4.78, 5) is 4.53. The summed E-state index contributed by atoms with van der Waals surface area (Å²) in [6, 6.07) is 10.3. The van der Waals surface area contributed by atoms with Crippen LogP contribution in [-0.2, 0) is 19.6 Å². The highest BCUT2D eigenvalue weighted by Gasteiger charge is 2.17. The standard InChI is InChI=1S/C19H19N5O/c1-13-15-4-2-3-5-17(15)25-18(13)12-23-8-7-21-19(23)16-10-14-11-20-6-9-24(14)22-16/h2-5,7-8,10,20H,6,9,11-12H2,1H3. The first-order chi connectivity index (χ1) is 12.3. The van der Waals surface area contributed by atoms with E-state index >= 15 is 0 Å². The third-order valence-corrected chi connectivity index (χ3v) is 4.87. The zero-order valence-electron chi connectivity index (χ0n) is 14.1. The van der Waals surface area contributed by atoms with Crippen LogP contribution in [0.4, 0.5) is 0 Å². The Hall–Kier alpha value is -2.86. The van der Waals surface area contributed by atoms with Crippen molar-refractivity contribution in [1.82, 2.24) is 24.6 Å². The monoisotopic (exact) mass is 333 g/mol. The third kappa shape index (κ3) is 2.37. The lowest BCUT2D eigenvalue weighted by Gasteiger charge is -2.13. The fourth-order valence-corrected chi connectivity index (χ4v) is 3.50. The molecular weight excluding hydrogens is 314 g/mol. The van der Waals surface area contributed by atoms with E-state index in [1.165, 1.54) is 16.6 Å². The molecule has 3 aromatic heterocycles. The SMILES string of the molecule is Cc1c(Cn2ccnc2-c2cc3n(n2)CCNC3)oc2ccccc12. The Kier molecular flexibility index (Phi) is 3.24. The van der Waals surface area contributed by atoms with Crippen molar-refractivity contribution in [3.05, 3.63) is 59.7 Å². The molecule has 6 nitrogen and oxygen atoms in total. The van der Waals surface area contributed by atoms with Crippen LogP contribution in [-0.4, -0.2) is 25.9 Å². The van der Waals surface area contributed by atoms with Gasteiger partial charge >= 0.3 is 0 Å². The van der Waals surface area contributed by atoms with Crippen molar-refractivity contribution in [2.75, 3.05) is 6.54 Å². The summed E-state index contributed by atoms with van der Waals surface area (Å²) in [5, 5.41) is 9.27. The number of nitrogens with one attached hydrogen (secondary N) is 1. The zero-order chi connectivity index (χ0) is 16.8. The van der Waals surface area contributed by atoms with Crippen molar-refractivity contribution >= 4 is 11.0 Å². The first-order valence-corrected chi connectivity index (χ1v) is 8.55. The summed E-state index contributed by atoms with van der Waals surface area (Å²) >= 11 is 0. The van der Waals surface area contributed by atoms with Gasteiger partial charge in [0.2, 0.25) is 0 Å². The average molecular weight is 333 g/mol. The summed E-state index contributed by atoms with van der Waals surface area (Å²) < 4.78 is 10.2. The van der Waals surface area contributed by atoms with E-state index in [-0.39, 0.29) is 0 Å². The van der Waals surface area contributed by atoms with Crippen molar-refractivity contribution in [2.24, 2.45) is 0 Å². The zero-order valence-corrected chi connectivity index (χ0v) is 14.1. The molecule has 25 heavy (non-hydrogen) atoms. The van der Waals surface area contributed by atoms with E-state index in [9.17, 15) is 0 Å². The van der Waals surface area contributed by atoms with E-state index in [0.29, 0.717) is 6.54 Å². The molecule has 4 heterocycles. The number of nitrogens with zero attached hydrogens (tertiary/aromatic N) is 4. The summed E-state index contributed by atoms with van der Waals surface area (Å²) in [5.41, 5.74) is 4.23. The van der Waals surface area contributed by atoms with Gasteiger partial charge in [0.15, 0.2) is 5.82 Å². The van der Waals surface area contributed by atoms with Crippen LogP contribution in [0.3, 0.4) is 0 Å². The maximum absolute atomic E-state index is 6.06. The fraction of sp³-hybridized carbons (Fsp3) is 0.263. The smallest absolute Gasteiger partial charge is 0.160 e. The van der Waals surface area contributed by atoms with Crippen LogP contribution >= 0.6 is 0 Å². The van der Waals surface area contributed by atoms with Crippen LogP contribution in [0, 0.1) is 6.92 Å². The molecule has 0 atom stereocenters. The number of rotatable bonds is 3. The molecule has 0 unspecified atom stereocenters. The topological polar surface area (TPSA) is 60.8 Å². The molecule has 5 rings (SSSR count). The molecule has 0 fully saturated rings. The number of benzene rings is 1. The van der Waals surface area contributed by atoms with Crippen LogP contribution in [0.2, 0.25) is 0 Å². The Morgan fingerprint density at radius 1 is 1.28 bits per heavy atom. The summed E-state index contributed by atoms with van der Waals surface area (Å²) in [7, 11) is 0. The third-order valence-electron chi connectivity index (χ3n) is 4.87. The van der Waals surface area contributed by atoms with Gasteiger partial charge in [-0.3, -0.25) is 4.68 Å². The van der Waals surface area contributed by atoms with Gasteiger partial charge < -0.3 is 14.3 Å². The van der Waals surface area contributed by atoms with Crippen molar-refractivity contribution in [3.63, 3.8) is 0 Å². The van der Waals surface area contributed by atoms with Crippen molar-refractivity contribution in [3.8, 4) is 11.5 Å². The minimum atomic E-state index is 0.649. The van der Waals surface area contributed by atoms with Gasteiger partial charge in [-0.15, -0.1) is 0 Å². The van der Waals surface area contributed by atoms with Gasteiger partial charge in [0.1, 0.15) is 17.0 Å². The Morgan fingerprint density at radius 3 is 3.08 bits per heavy atom. The molecule has 0 aliphatic carbocycles. The Balaban J connectivity index is 1.52. The molecule has 1 aromatic carbocycles. The minimum absolute atomic E-state index is 0.649. The molecule has 0 saturated heterocycles. The quantitative estimate of drug-likeness (QED) is 0.626. The van der Waals surface area contributed by atoms with Crippen LogP contribution in [0.25, 0.3) is 22.5 Å². The van der Waals surface area contributed by atoms with E-state index < -0.39 is 0 Å². The lowest BCUT2D eigenvalue weighted by molar-refractivity contribution is 0.476. The van der Waals surface area contributed by atoms with Crippen molar-refractivity contribution in [2.45, 2.75) is 26.6 Å².